The molecule has 34 heavy (non-hydrogen) atoms. The summed E-state index contributed by atoms with van der Waals surface area (Å²) in [7, 11) is 1.61. The number of rotatable bonds is 5. The number of nitrogens with zero attached hydrogens (tertiary/aromatic N) is 5. The van der Waals surface area contributed by atoms with Gasteiger partial charge in [0.1, 0.15) is 23.0 Å². The van der Waals surface area contributed by atoms with Crippen LogP contribution in [0.3, 0.4) is 0 Å². The van der Waals surface area contributed by atoms with Crippen LogP contribution in [-0.4, -0.2) is 36.5 Å². The Morgan fingerprint density at radius 1 is 1.12 bits per heavy atom. The van der Waals surface area contributed by atoms with E-state index < -0.39 is 17.2 Å². The Hall–Kier alpha value is -3.85. The van der Waals surface area contributed by atoms with Gasteiger partial charge in [0.25, 0.3) is 0 Å². The molecule has 7 nitrogen and oxygen atoms in total. The Kier molecular flexibility index (Phi) is 5.49. The maximum Gasteiger partial charge on any atom is 0.174 e. The molecule has 0 fully saturated rings. The molecule has 0 bridgehead atoms. The maximum atomic E-state index is 13.8. The van der Waals surface area contributed by atoms with Gasteiger partial charge in [-0.3, -0.25) is 0 Å². The highest BCUT2D eigenvalue weighted by Crippen LogP contribution is 2.37. The summed E-state index contributed by atoms with van der Waals surface area (Å²) in [5.41, 5.74) is 1.15. The number of imidazole rings is 1. The van der Waals surface area contributed by atoms with Gasteiger partial charge >= 0.3 is 0 Å². The van der Waals surface area contributed by atoms with E-state index >= 15 is 0 Å². The number of aromatic nitrogens is 5. The van der Waals surface area contributed by atoms with Crippen LogP contribution in [0.25, 0.3) is 17.8 Å². The van der Waals surface area contributed by atoms with Gasteiger partial charge in [-0.1, -0.05) is 12.1 Å². The van der Waals surface area contributed by atoms with Crippen LogP contribution >= 0.6 is 0 Å². The second-order valence-corrected chi connectivity index (χ2v) is 8.33. The van der Waals surface area contributed by atoms with Crippen molar-refractivity contribution in [3.63, 3.8) is 0 Å². The van der Waals surface area contributed by atoms with Crippen molar-refractivity contribution in [2.75, 3.05) is 7.11 Å². The molecule has 0 saturated heterocycles. The molecule has 0 spiro atoms. The Morgan fingerprint density at radius 3 is 2.62 bits per heavy atom. The van der Waals surface area contributed by atoms with E-state index in [9.17, 15) is 13.9 Å². The van der Waals surface area contributed by atoms with Gasteiger partial charge in [-0.15, -0.1) is 0 Å². The number of hydrogen-bond donors (Lipinski definition) is 1. The van der Waals surface area contributed by atoms with E-state index in [1.54, 1.807) is 24.2 Å². The molecule has 2 aromatic heterocycles. The molecular weight excluding hydrogens is 440 g/mol. The Labute approximate surface area is 195 Å². The number of aryl methyl sites for hydroxylation is 2. The average Bonchev–Trinajstić information content (AvgIpc) is 3.44. The fourth-order valence-corrected chi connectivity index (χ4v) is 4.29. The summed E-state index contributed by atoms with van der Waals surface area (Å²) < 4.78 is 36.7. The molecule has 0 aliphatic carbocycles. The lowest BCUT2D eigenvalue weighted by Gasteiger charge is -2.31. The van der Waals surface area contributed by atoms with Gasteiger partial charge < -0.3 is 14.4 Å². The summed E-state index contributed by atoms with van der Waals surface area (Å²) in [4.78, 5) is 8.75. The van der Waals surface area contributed by atoms with E-state index in [1.165, 1.54) is 0 Å². The highest BCUT2D eigenvalue weighted by atomic mass is 19.1. The van der Waals surface area contributed by atoms with Crippen molar-refractivity contribution in [3.8, 4) is 11.4 Å². The fourth-order valence-electron chi connectivity index (χ4n) is 4.29. The van der Waals surface area contributed by atoms with Gasteiger partial charge in [0, 0.05) is 18.8 Å². The highest BCUT2D eigenvalue weighted by molar-refractivity contribution is 5.69. The summed E-state index contributed by atoms with van der Waals surface area (Å²) in [6.07, 6.45) is 8.11. The lowest BCUT2D eigenvalue weighted by molar-refractivity contribution is 0.0389. The standard InChI is InChI=1S/C25H23F2N5O2/c1-16-14-31(15-28-16)21-6-4-17(10-22(21)34-2)5-7-23-29-24-25(33,8-3-9-32(24)30-23)18-11-19(26)13-20(27)12-18/h4-7,10-15,33H,3,8-9H2,1-2H3/b7-5+. The fraction of sp³-hybridized carbons (Fsp3) is 0.240. The predicted octanol–water partition coefficient (Wildman–Crippen LogP) is 4.26. The summed E-state index contributed by atoms with van der Waals surface area (Å²) in [5, 5.41) is 15.8. The molecule has 1 unspecified atom stereocenters. The van der Waals surface area contributed by atoms with Crippen molar-refractivity contribution in [3.05, 3.63) is 89.0 Å². The van der Waals surface area contributed by atoms with E-state index in [0.29, 0.717) is 31.0 Å². The molecule has 0 saturated carbocycles. The van der Waals surface area contributed by atoms with Gasteiger partial charge in [-0.05, 0) is 61.2 Å². The molecule has 4 aromatic rings. The van der Waals surface area contributed by atoms with Crippen molar-refractivity contribution >= 4 is 12.2 Å². The highest BCUT2D eigenvalue weighted by Gasteiger charge is 2.40. The van der Waals surface area contributed by atoms with Crippen molar-refractivity contribution < 1.29 is 18.6 Å². The summed E-state index contributed by atoms with van der Waals surface area (Å²) in [6.45, 7) is 2.48. The van der Waals surface area contributed by atoms with Crippen LogP contribution < -0.4 is 4.74 Å². The zero-order valence-electron chi connectivity index (χ0n) is 18.7. The molecule has 0 radical (unpaired) electrons. The first-order chi connectivity index (χ1) is 16.4. The quantitative estimate of drug-likeness (QED) is 0.479. The molecule has 1 atom stereocenters. The predicted molar refractivity (Wildman–Crippen MR) is 122 cm³/mol. The van der Waals surface area contributed by atoms with E-state index in [1.807, 2.05) is 42.0 Å². The largest absolute Gasteiger partial charge is 0.495 e. The first-order valence-electron chi connectivity index (χ1n) is 10.9. The molecule has 3 heterocycles. The number of halogens is 2. The van der Waals surface area contributed by atoms with Gasteiger partial charge in [0.15, 0.2) is 11.6 Å². The van der Waals surface area contributed by atoms with Crippen LogP contribution in [-0.2, 0) is 12.1 Å². The van der Waals surface area contributed by atoms with Gasteiger partial charge in [-0.2, -0.15) is 5.10 Å². The monoisotopic (exact) mass is 463 g/mol. The second kappa shape index (κ2) is 8.49. The van der Waals surface area contributed by atoms with Crippen LogP contribution in [0.1, 0.15) is 41.3 Å². The molecule has 2 aromatic carbocycles. The van der Waals surface area contributed by atoms with Crippen LogP contribution in [0.4, 0.5) is 8.78 Å². The number of benzene rings is 2. The number of aliphatic hydroxyl groups is 1. The first-order valence-corrected chi connectivity index (χ1v) is 10.9. The lowest BCUT2D eigenvalue weighted by atomic mass is 9.86. The van der Waals surface area contributed by atoms with Crippen LogP contribution in [0.2, 0.25) is 0 Å². The minimum Gasteiger partial charge on any atom is -0.495 e. The van der Waals surface area contributed by atoms with E-state index in [2.05, 4.69) is 15.1 Å². The average molecular weight is 463 g/mol. The molecule has 5 rings (SSSR count). The Balaban J connectivity index is 1.45. The zero-order valence-corrected chi connectivity index (χ0v) is 18.7. The number of ether oxygens (including phenoxy) is 1. The zero-order chi connectivity index (χ0) is 23.9. The minimum absolute atomic E-state index is 0.129. The van der Waals surface area contributed by atoms with E-state index in [-0.39, 0.29) is 11.4 Å². The van der Waals surface area contributed by atoms with Crippen LogP contribution in [0.15, 0.2) is 48.9 Å². The molecule has 1 aliphatic rings. The topological polar surface area (TPSA) is 78.0 Å². The second-order valence-electron chi connectivity index (χ2n) is 8.33. The number of methoxy groups -OCH3 is 1. The number of fused-ring (bicyclic) bond motifs is 1. The van der Waals surface area contributed by atoms with Gasteiger partial charge in [0.05, 0.1) is 24.8 Å². The first kappa shape index (κ1) is 22.0. The van der Waals surface area contributed by atoms with Crippen LogP contribution in [0, 0.1) is 18.6 Å². The van der Waals surface area contributed by atoms with Crippen molar-refractivity contribution in [2.24, 2.45) is 0 Å². The smallest absolute Gasteiger partial charge is 0.174 e. The summed E-state index contributed by atoms with van der Waals surface area (Å²) in [6, 6.07) is 8.82. The lowest BCUT2D eigenvalue weighted by Crippen LogP contribution is -2.35. The Bertz CT molecular complexity index is 1370. The summed E-state index contributed by atoms with van der Waals surface area (Å²) in [5.74, 6) is -0.154. The van der Waals surface area contributed by atoms with Crippen LogP contribution in [0.5, 0.6) is 5.75 Å². The maximum absolute atomic E-state index is 13.8. The molecular formula is C25H23F2N5O2. The van der Waals surface area contributed by atoms with Crippen molar-refractivity contribution in [1.29, 1.82) is 0 Å². The van der Waals surface area contributed by atoms with E-state index in [0.717, 1.165) is 35.1 Å². The molecule has 0 amide bonds. The molecule has 1 N–H and O–H groups in total. The number of hydrogen-bond acceptors (Lipinski definition) is 5. The van der Waals surface area contributed by atoms with Gasteiger partial charge in [-0.25, -0.2) is 23.4 Å². The normalized spacial score (nSPS) is 17.8. The third-order valence-corrected chi connectivity index (χ3v) is 5.93. The minimum atomic E-state index is -1.62. The SMILES string of the molecule is COc1cc(/C=C/c2nc3n(n2)CCCC3(O)c2cc(F)cc(F)c2)ccc1-n1cnc(C)c1. The summed E-state index contributed by atoms with van der Waals surface area (Å²) >= 11 is 0. The Morgan fingerprint density at radius 2 is 1.91 bits per heavy atom. The van der Waals surface area contributed by atoms with Crippen molar-refractivity contribution in [1.82, 2.24) is 24.3 Å². The third kappa shape index (κ3) is 3.99. The molecule has 1 aliphatic heterocycles. The van der Waals surface area contributed by atoms with E-state index in [4.69, 9.17) is 4.74 Å². The van der Waals surface area contributed by atoms with Gasteiger partial charge in [0.2, 0.25) is 0 Å². The third-order valence-electron chi connectivity index (χ3n) is 5.93. The molecule has 9 heteroatoms. The van der Waals surface area contributed by atoms with Crippen molar-refractivity contribution in [2.45, 2.75) is 31.9 Å². The molecule has 174 valence electrons.